The molecule has 1 aromatic rings. The number of hydrogen-bond donors (Lipinski definition) is 0. The van der Waals surface area contributed by atoms with Crippen molar-refractivity contribution in [2.45, 2.75) is 23.9 Å². The Balaban J connectivity index is 1.84. The van der Waals surface area contributed by atoms with Gasteiger partial charge in [-0.25, -0.2) is 0 Å². The number of thioether (sulfide) groups is 1. The first-order valence-corrected chi connectivity index (χ1v) is 8.97. The first-order chi connectivity index (χ1) is 10.5. The Labute approximate surface area is 138 Å². The van der Waals surface area contributed by atoms with Gasteiger partial charge in [-0.1, -0.05) is 12.1 Å². The van der Waals surface area contributed by atoms with Crippen molar-refractivity contribution in [1.29, 1.82) is 0 Å². The van der Waals surface area contributed by atoms with Crippen molar-refractivity contribution in [2.24, 2.45) is 0 Å². The van der Waals surface area contributed by atoms with Gasteiger partial charge in [0.25, 0.3) is 0 Å². The highest BCUT2D eigenvalue weighted by atomic mass is 32.2. The van der Waals surface area contributed by atoms with E-state index in [0.717, 1.165) is 19.5 Å². The molecule has 1 atom stereocenters. The molecule has 1 aliphatic rings. The van der Waals surface area contributed by atoms with Crippen LogP contribution in [0, 0.1) is 0 Å². The molecule has 1 heterocycles. The van der Waals surface area contributed by atoms with Crippen LogP contribution in [0.25, 0.3) is 0 Å². The van der Waals surface area contributed by atoms with Crippen molar-refractivity contribution in [1.82, 2.24) is 14.7 Å². The quantitative estimate of drug-likeness (QED) is 0.749. The summed E-state index contributed by atoms with van der Waals surface area (Å²) in [6, 6.07) is 8.98. The molecule has 2 rings (SSSR count). The first kappa shape index (κ1) is 17.3. The van der Waals surface area contributed by atoms with Crippen molar-refractivity contribution in [3.63, 3.8) is 0 Å². The number of carbonyl (C=O) groups excluding carboxylic acids is 1. The fourth-order valence-corrected chi connectivity index (χ4v) is 3.31. The number of hydrogen-bond acceptors (Lipinski definition) is 4. The van der Waals surface area contributed by atoms with Gasteiger partial charge in [0.15, 0.2) is 0 Å². The Morgan fingerprint density at radius 3 is 2.77 bits per heavy atom. The van der Waals surface area contributed by atoms with Gasteiger partial charge in [-0.15, -0.1) is 11.8 Å². The van der Waals surface area contributed by atoms with Crippen molar-refractivity contribution in [3.8, 4) is 0 Å². The number of carbonyl (C=O) groups is 1. The summed E-state index contributed by atoms with van der Waals surface area (Å²) in [5.41, 5.74) is 1.19. The zero-order chi connectivity index (χ0) is 16.1. The lowest BCUT2D eigenvalue weighted by Crippen LogP contribution is -2.38. The Morgan fingerprint density at radius 1 is 1.36 bits per heavy atom. The molecular weight excluding hydrogens is 294 g/mol. The zero-order valence-electron chi connectivity index (χ0n) is 14.1. The summed E-state index contributed by atoms with van der Waals surface area (Å²) in [6.45, 7) is 3.22. The van der Waals surface area contributed by atoms with E-state index in [0.29, 0.717) is 19.1 Å². The molecule has 0 N–H and O–H groups in total. The fourth-order valence-electron chi connectivity index (χ4n) is 2.82. The summed E-state index contributed by atoms with van der Waals surface area (Å²) < 4.78 is 0. The van der Waals surface area contributed by atoms with Gasteiger partial charge in [0.2, 0.25) is 5.91 Å². The second-order valence-corrected chi connectivity index (χ2v) is 7.12. The maximum Gasteiger partial charge on any atom is 0.236 e. The highest BCUT2D eigenvalue weighted by molar-refractivity contribution is 7.98. The zero-order valence-corrected chi connectivity index (χ0v) is 14.9. The maximum atomic E-state index is 12.4. The monoisotopic (exact) mass is 321 g/mol. The molecule has 1 aliphatic heterocycles. The number of nitrogens with zero attached hydrogens (tertiary/aromatic N) is 3. The van der Waals surface area contributed by atoms with Crippen LogP contribution in [-0.2, 0) is 11.3 Å². The number of rotatable bonds is 6. The van der Waals surface area contributed by atoms with E-state index in [9.17, 15) is 4.79 Å². The Kier molecular flexibility index (Phi) is 6.29. The Hall–Kier alpha value is -1.04. The van der Waals surface area contributed by atoms with E-state index in [1.54, 1.807) is 11.8 Å². The van der Waals surface area contributed by atoms with Crippen LogP contribution >= 0.6 is 11.8 Å². The standard InChI is InChI=1S/C17H27N3OS/c1-18(2)15-8-9-20(12-15)13-17(21)19(3)11-14-6-5-7-16(10-14)22-4/h5-7,10,15H,8-9,11-13H2,1-4H3/t15-/m0/s1. The van der Waals surface area contributed by atoms with Crippen molar-refractivity contribution >= 4 is 17.7 Å². The van der Waals surface area contributed by atoms with E-state index in [1.165, 1.54) is 10.5 Å². The molecule has 0 bridgehead atoms. The van der Waals surface area contributed by atoms with Gasteiger partial charge in [0, 0.05) is 37.6 Å². The summed E-state index contributed by atoms with van der Waals surface area (Å²) in [5.74, 6) is 0.203. The number of amides is 1. The van der Waals surface area contributed by atoms with Gasteiger partial charge < -0.3 is 9.80 Å². The second kappa shape index (κ2) is 7.99. The average molecular weight is 321 g/mol. The van der Waals surface area contributed by atoms with Crippen molar-refractivity contribution in [3.05, 3.63) is 29.8 Å². The lowest BCUT2D eigenvalue weighted by molar-refractivity contribution is -0.131. The smallest absolute Gasteiger partial charge is 0.236 e. The summed E-state index contributed by atoms with van der Waals surface area (Å²) in [7, 11) is 6.12. The maximum absolute atomic E-state index is 12.4. The normalized spacial score (nSPS) is 18.9. The minimum Gasteiger partial charge on any atom is -0.340 e. The predicted molar refractivity (Wildman–Crippen MR) is 93.2 cm³/mol. The topological polar surface area (TPSA) is 26.8 Å². The molecular formula is C17H27N3OS. The highest BCUT2D eigenvalue weighted by Crippen LogP contribution is 2.17. The summed E-state index contributed by atoms with van der Waals surface area (Å²) in [4.78, 5) is 20.0. The molecule has 1 saturated heterocycles. The molecule has 1 amide bonds. The van der Waals surface area contributed by atoms with Crippen molar-refractivity contribution < 1.29 is 4.79 Å². The van der Waals surface area contributed by atoms with Crippen molar-refractivity contribution in [2.75, 3.05) is 47.0 Å². The molecule has 0 unspecified atom stereocenters. The molecule has 0 radical (unpaired) electrons. The van der Waals surface area contributed by atoms with Crippen LogP contribution in [0.3, 0.4) is 0 Å². The Bertz CT molecular complexity index is 506. The van der Waals surface area contributed by atoms with Crippen LogP contribution in [0.5, 0.6) is 0 Å². The van der Waals surface area contributed by atoms with Gasteiger partial charge in [-0.05, 0) is 44.5 Å². The van der Waals surface area contributed by atoms with E-state index in [-0.39, 0.29) is 5.91 Å². The number of likely N-dealkylation sites (N-methyl/N-ethyl adjacent to an activating group) is 2. The van der Waals surface area contributed by atoms with Crippen LogP contribution < -0.4 is 0 Å². The lowest BCUT2D eigenvalue weighted by Gasteiger charge is -2.23. The summed E-state index contributed by atoms with van der Waals surface area (Å²) in [5, 5.41) is 0. The minimum atomic E-state index is 0.203. The van der Waals surface area contributed by atoms with Crippen LogP contribution in [0.2, 0.25) is 0 Å². The van der Waals surface area contributed by atoms with E-state index in [2.05, 4.69) is 54.4 Å². The lowest BCUT2D eigenvalue weighted by atomic mass is 10.2. The molecule has 0 spiro atoms. The molecule has 0 aliphatic carbocycles. The molecule has 4 nitrogen and oxygen atoms in total. The third-order valence-corrected chi connectivity index (χ3v) is 5.04. The van der Waals surface area contributed by atoms with E-state index >= 15 is 0 Å². The van der Waals surface area contributed by atoms with Gasteiger partial charge >= 0.3 is 0 Å². The third-order valence-electron chi connectivity index (χ3n) is 4.32. The molecule has 5 heteroatoms. The summed E-state index contributed by atoms with van der Waals surface area (Å²) in [6.07, 6.45) is 3.22. The molecule has 1 aromatic carbocycles. The fraction of sp³-hybridized carbons (Fsp3) is 0.588. The van der Waals surface area contributed by atoms with Gasteiger partial charge in [-0.3, -0.25) is 9.69 Å². The molecule has 0 aromatic heterocycles. The van der Waals surface area contributed by atoms with E-state index in [4.69, 9.17) is 0 Å². The average Bonchev–Trinajstić information content (AvgIpc) is 2.96. The van der Waals surface area contributed by atoms with Crippen LogP contribution in [0.15, 0.2) is 29.2 Å². The van der Waals surface area contributed by atoms with Gasteiger partial charge in [-0.2, -0.15) is 0 Å². The van der Waals surface area contributed by atoms with Gasteiger partial charge in [0.05, 0.1) is 6.54 Å². The SMILES string of the molecule is CSc1cccc(CN(C)C(=O)CN2CC[C@H](N(C)C)C2)c1. The molecule has 0 saturated carbocycles. The largest absolute Gasteiger partial charge is 0.340 e. The van der Waals surface area contributed by atoms with Gasteiger partial charge in [0.1, 0.15) is 0 Å². The van der Waals surface area contributed by atoms with Crippen LogP contribution in [0.4, 0.5) is 0 Å². The molecule has 122 valence electrons. The van der Waals surface area contributed by atoms with E-state index in [1.807, 2.05) is 11.9 Å². The molecule has 22 heavy (non-hydrogen) atoms. The predicted octanol–water partition coefficient (Wildman–Crippen LogP) is 2.00. The molecule has 1 fully saturated rings. The second-order valence-electron chi connectivity index (χ2n) is 6.24. The minimum absolute atomic E-state index is 0.203. The van der Waals surface area contributed by atoms with Crippen LogP contribution in [0.1, 0.15) is 12.0 Å². The number of benzene rings is 1. The number of likely N-dealkylation sites (tertiary alicyclic amines) is 1. The van der Waals surface area contributed by atoms with Crippen LogP contribution in [-0.4, -0.2) is 73.7 Å². The third kappa shape index (κ3) is 4.73. The Morgan fingerprint density at radius 2 is 2.14 bits per heavy atom. The summed E-state index contributed by atoms with van der Waals surface area (Å²) >= 11 is 1.73. The van der Waals surface area contributed by atoms with E-state index < -0.39 is 0 Å². The first-order valence-electron chi connectivity index (χ1n) is 7.75. The highest BCUT2D eigenvalue weighted by Gasteiger charge is 2.26.